The van der Waals surface area contributed by atoms with E-state index in [1.165, 1.54) is 48.6 Å². The summed E-state index contributed by atoms with van der Waals surface area (Å²) in [6, 6.07) is 17.7. The summed E-state index contributed by atoms with van der Waals surface area (Å²) in [6.07, 6.45) is 4.55. The molecule has 7 N–H and O–H groups in total. The molecule has 0 spiro atoms. The van der Waals surface area contributed by atoms with Crippen LogP contribution < -0.4 is 116 Å². The molecule has 6 rings (SSSR count). The number of nitrogens with one attached hydrogen (secondary N) is 3. The van der Waals surface area contributed by atoms with Crippen LogP contribution in [-0.2, 0) is 35.1 Å². The third-order valence-corrected chi connectivity index (χ3v) is 10.4. The van der Waals surface area contributed by atoms with Crippen LogP contribution in [0.2, 0.25) is 0 Å². The zero-order valence-corrected chi connectivity index (χ0v) is 39.9. The van der Waals surface area contributed by atoms with Gasteiger partial charge in [-0.1, -0.05) is 18.2 Å². The molecule has 26 heteroatoms. The van der Waals surface area contributed by atoms with Crippen LogP contribution >= 0.6 is 0 Å². The number of allylic oxidation sites excluding steroid dienone is 4. The molecule has 0 aliphatic heterocycles. The first-order valence-corrected chi connectivity index (χ1v) is 20.0. The summed E-state index contributed by atoms with van der Waals surface area (Å²) >= 11 is 0. The van der Waals surface area contributed by atoms with Gasteiger partial charge < -0.3 is 30.4 Å². The van der Waals surface area contributed by atoms with Crippen LogP contribution in [0.15, 0.2) is 138 Å². The van der Waals surface area contributed by atoms with Gasteiger partial charge in [0.1, 0.15) is 47.5 Å². The average Bonchev–Trinajstić information content (AvgIpc) is 3.13. The molecular weight excluding hydrogens is 876 g/mol. The normalized spacial score (nSPS) is 15.2. The Bertz CT molecular complexity index is 2910. The van der Waals surface area contributed by atoms with Crippen molar-refractivity contribution >= 4 is 99.2 Å². The fourth-order valence-electron chi connectivity index (χ4n) is 5.25. The van der Waals surface area contributed by atoms with Crippen molar-refractivity contribution in [3.05, 3.63) is 119 Å². The number of nitrogens with two attached hydrogens (primary N) is 2. The molecule has 292 valence electrons. The van der Waals surface area contributed by atoms with Crippen molar-refractivity contribution in [1.82, 2.24) is 0 Å². The van der Waals surface area contributed by atoms with Crippen molar-refractivity contribution in [1.29, 1.82) is 0 Å². The van der Waals surface area contributed by atoms with Crippen LogP contribution in [0.5, 0.6) is 0 Å². The number of hydrazone groups is 2. The molecule has 0 heterocycles. The third-order valence-electron chi connectivity index (χ3n) is 7.87. The van der Waals surface area contributed by atoms with E-state index in [9.17, 15) is 48.5 Å². The number of benzene rings is 4. The van der Waals surface area contributed by atoms with E-state index in [0.717, 1.165) is 12.1 Å². The molecule has 20 nitrogen and oxygen atoms in total. The molecule has 4 aromatic rings. The van der Waals surface area contributed by atoms with Gasteiger partial charge in [0.25, 0.3) is 0 Å². The van der Waals surface area contributed by atoms with Crippen molar-refractivity contribution in [2.75, 3.05) is 21.9 Å². The Labute approximate surface area is 408 Å². The van der Waals surface area contributed by atoms with Crippen molar-refractivity contribution in [2.24, 2.45) is 26.2 Å². The van der Waals surface area contributed by atoms with Gasteiger partial charge in [-0.15, -0.1) is 5.11 Å². The standard InChI is InChI=1S/C34H27N9O11S3.3Na/c35-24-17-23(44)11-13-25(24)41-38-21-8-6-19(7-9-21)37-26-12-10-22(16-27(26)55(46,47)48)40-42-32-28(56(49,50)51)14-18-15-29(57(52,53)54)33(34(45)30(18)31(32)36)43-39-20-4-2-1-3-5-20;;;/h1-17,37-39H,35-36H2,(H,46,47,48)(H,49,50,51)(H,52,53,54);;;/q;3*+1/p-3. The van der Waals surface area contributed by atoms with E-state index in [0.29, 0.717) is 29.2 Å². The number of nitrogen functional groups attached to an aromatic ring is 1. The number of para-hydroxylation sites is 1. The van der Waals surface area contributed by atoms with Gasteiger partial charge in [-0.25, -0.2) is 25.3 Å². The number of Topliss-reactive ketones (excluding diaryl/α,β-unsaturated/α-hetero) is 1. The second kappa shape index (κ2) is 20.3. The zero-order valence-electron chi connectivity index (χ0n) is 31.5. The van der Waals surface area contributed by atoms with Gasteiger partial charge in [-0.2, -0.15) is 15.3 Å². The number of nitrogens with zero attached hydrogens (tertiary/aromatic N) is 4. The number of hydrogen-bond donors (Lipinski definition) is 5. The SMILES string of the molecule is NC1=CC(=O)C=CC1=NNc1ccc(Nc2ccc(N=Nc3c(S(=O)(=O)[O-])cc4c(c3N)C(=O)C(=NNc3ccccc3)C(S(=O)(=O)[O-])=C4)cc2S(=O)(=O)[O-])cc1.[Na+].[Na+].[Na+]. The number of ketones is 2. The first kappa shape index (κ1) is 50.5. The molecule has 0 radical (unpaired) electrons. The number of anilines is 5. The van der Waals surface area contributed by atoms with Crippen molar-refractivity contribution in [2.45, 2.75) is 9.79 Å². The van der Waals surface area contributed by atoms with Crippen LogP contribution in [0.4, 0.5) is 39.8 Å². The number of carbonyl (C=O) groups is 2. The average molecular weight is 900 g/mol. The van der Waals surface area contributed by atoms with Gasteiger partial charge in [0.05, 0.1) is 54.4 Å². The molecule has 0 bridgehead atoms. The van der Waals surface area contributed by atoms with Gasteiger partial charge >= 0.3 is 88.7 Å². The fraction of sp³-hybridized carbons (Fsp3) is 0. The number of rotatable bonds is 11. The van der Waals surface area contributed by atoms with Crippen LogP contribution in [-0.4, -0.2) is 61.9 Å². The fourth-order valence-corrected chi connectivity index (χ4v) is 7.21. The predicted molar refractivity (Wildman–Crippen MR) is 204 cm³/mol. The van der Waals surface area contributed by atoms with E-state index in [1.807, 2.05) is 0 Å². The van der Waals surface area contributed by atoms with Gasteiger partial charge in [-0.3, -0.25) is 20.4 Å². The molecule has 4 aromatic carbocycles. The van der Waals surface area contributed by atoms with Crippen LogP contribution in [0.25, 0.3) is 6.08 Å². The Morgan fingerprint density at radius 2 is 1.22 bits per heavy atom. The third kappa shape index (κ3) is 11.9. The predicted octanol–water partition coefficient (Wildman–Crippen LogP) is -5.45. The Balaban J connectivity index is 0.00000320. The molecule has 0 fully saturated rings. The topological polar surface area (TPSA) is 343 Å². The van der Waals surface area contributed by atoms with E-state index in [1.54, 1.807) is 30.3 Å². The van der Waals surface area contributed by atoms with Crippen molar-refractivity contribution in [3.8, 4) is 0 Å². The largest absolute Gasteiger partial charge is 1.00 e. The second-order valence-corrected chi connectivity index (χ2v) is 15.8. The van der Waals surface area contributed by atoms with E-state index in [2.05, 4.69) is 36.6 Å². The van der Waals surface area contributed by atoms with Crippen LogP contribution in [0.1, 0.15) is 15.9 Å². The van der Waals surface area contributed by atoms with Gasteiger partial charge in [0.2, 0.25) is 5.78 Å². The number of hydrogen-bond acceptors (Lipinski definition) is 20. The summed E-state index contributed by atoms with van der Waals surface area (Å²) in [4.78, 5) is 21.9. The molecule has 0 saturated carbocycles. The Morgan fingerprint density at radius 1 is 0.617 bits per heavy atom. The summed E-state index contributed by atoms with van der Waals surface area (Å²) < 4.78 is 110. The maximum Gasteiger partial charge on any atom is 1.00 e. The van der Waals surface area contributed by atoms with Crippen LogP contribution in [0, 0.1) is 0 Å². The maximum atomic E-state index is 13.7. The summed E-state index contributed by atoms with van der Waals surface area (Å²) in [5.74, 6) is -1.55. The minimum atomic E-state index is -5.50. The smallest absolute Gasteiger partial charge is 0.744 e. The first-order valence-electron chi connectivity index (χ1n) is 15.8. The molecule has 0 atom stereocenters. The number of fused-ring (bicyclic) bond motifs is 1. The number of carbonyl (C=O) groups excluding carboxylic acids is 2. The van der Waals surface area contributed by atoms with Crippen LogP contribution in [0.3, 0.4) is 0 Å². The maximum absolute atomic E-state index is 13.7. The quantitative estimate of drug-likeness (QED) is 0.0234. The zero-order chi connectivity index (χ0) is 41.3. The van der Waals surface area contributed by atoms with E-state index >= 15 is 0 Å². The number of azo groups is 1. The Hall–Kier alpha value is -3.89. The van der Waals surface area contributed by atoms with Gasteiger partial charge in [-0.05, 0) is 84.5 Å². The minimum absolute atomic E-state index is 0. The molecule has 2 aliphatic rings. The van der Waals surface area contributed by atoms with Gasteiger partial charge in [0, 0.05) is 11.8 Å². The van der Waals surface area contributed by atoms with E-state index < -0.39 is 79.0 Å². The Morgan fingerprint density at radius 3 is 1.82 bits per heavy atom. The summed E-state index contributed by atoms with van der Waals surface area (Å²) in [6.45, 7) is 0. The molecule has 0 aromatic heterocycles. The first-order chi connectivity index (χ1) is 26.8. The summed E-state index contributed by atoms with van der Waals surface area (Å²) in [7, 11) is -16.1. The van der Waals surface area contributed by atoms with E-state index in [4.69, 9.17) is 11.5 Å². The molecule has 0 saturated heterocycles. The second-order valence-electron chi connectivity index (χ2n) is 11.8. The molecule has 0 amide bonds. The molecule has 0 unspecified atom stereocenters. The van der Waals surface area contributed by atoms with E-state index in [-0.39, 0.29) is 117 Å². The minimum Gasteiger partial charge on any atom is -0.744 e. The Kier molecular flexibility index (Phi) is 17.1. The summed E-state index contributed by atoms with van der Waals surface area (Å²) in [5, 5.41) is 18.2. The summed E-state index contributed by atoms with van der Waals surface area (Å²) in [5.41, 5.74) is 14.4. The van der Waals surface area contributed by atoms with Crippen molar-refractivity contribution < 1.29 is 137 Å². The van der Waals surface area contributed by atoms with Gasteiger partial charge in [0.15, 0.2) is 5.78 Å². The molecular formula is C34H24N9Na3O11S3. The molecule has 60 heavy (non-hydrogen) atoms. The monoisotopic (exact) mass is 899 g/mol. The molecule has 2 aliphatic carbocycles. The van der Waals surface area contributed by atoms with Crippen molar-refractivity contribution in [3.63, 3.8) is 0 Å².